The topological polar surface area (TPSA) is 76.2 Å². The van der Waals surface area contributed by atoms with Crippen LogP contribution in [-0.4, -0.2) is 56.5 Å². The van der Waals surface area contributed by atoms with Crippen LogP contribution in [0.3, 0.4) is 0 Å². The van der Waals surface area contributed by atoms with Crippen LogP contribution in [0.1, 0.15) is 17.5 Å². The number of sulfonamides is 1. The minimum atomic E-state index is -3.52. The summed E-state index contributed by atoms with van der Waals surface area (Å²) in [6, 6.07) is 12.6. The van der Waals surface area contributed by atoms with Crippen molar-refractivity contribution in [2.45, 2.75) is 24.7 Å². The largest absolute Gasteiger partial charge is 0.454 e. The Bertz CT molecular complexity index is 996. The van der Waals surface area contributed by atoms with E-state index in [9.17, 15) is 13.2 Å². The Morgan fingerprint density at radius 1 is 0.966 bits per heavy atom. The summed E-state index contributed by atoms with van der Waals surface area (Å²) in [5.74, 6) is 1.48. The zero-order chi connectivity index (χ0) is 20.4. The van der Waals surface area contributed by atoms with Crippen molar-refractivity contribution in [3.63, 3.8) is 0 Å². The van der Waals surface area contributed by atoms with Gasteiger partial charge < -0.3 is 14.4 Å². The summed E-state index contributed by atoms with van der Waals surface area (Å²) < 4.78 is 37.7. The van der Waals surface area contributed by atoms with Gasteiger partial charge in [0.1, 0.15) is 0 Å². The molecule has 154 valence electrons. The van der Waals surface area contributed by atoms with Crippen LogP contribution in [0.25, 0.3) is 0 Å². The second-order valence-corrected chi connectivity index (χ2v) is 9.22. The fraction of sp³-hybridized carbons (Fsp3) is 0.381. The van der Waals surface area contributed by atoms with Gasteiger partial charge in [-0.25, -0.2) is 8.42 Å². The summed E-state index contributed by atoms with van der Waals surface area (Å²) in [6.45, 7) is 3.59. The predicted molar refractivity (Wildman–Crippen MR) is 107 cm³/mol. The van der Waals surface area contributed by atoms with E-state index in [-0.39, 0.29) is 12.7 Å². The molecule has 0 unspecified atom stereocenters. The minimum absolute atomic E-state index is 0.0371. The fourth-order valence-corrected chi connectivity index (χ4v) is 4.97. The molecule has 2 aliphatic heterocycles. The third-order valence-electron chi connectivity index (χ3n) is 5.31. The van der Waals surface area contributed by atoms with Gasteiger partial charge in [0.25, 0.3) is 0 Å². The van der Waals surface area contributed by atoms with E-state index in [1.54, 1.807) is 29.2 Å². The van der Waals surface area contributed by atoms with Crippen LogP contribution < -0.4 is 9.47 Å². The molecule has 0 spiro atoms. The van der Waals surface area contributed by atoms with Crippen LogP contribution in [0.15, 0.2) is 47.4 Å². The fourth-order valence-electron chi connectivity index (χ4n) is 3.54. The van der Waals surface area contributed by atoms with Gasteiger partial charge in [0.05, 0.1) is 4.90 Å². The molecule has 0 bridgehead atoms. The van der Waals surface area contributed by atoms with Crippen molar-refractivity contribution in [3.05, 3.63) is 53.6 Å². The van der Waals surface area contributed by atoms with Gasteiger partial charge in [-0.2, -0.15) is 4.31 Å². The summed E-state index contributed by atoms with van der Waals surface area (Å²) in [5, 5.41) is 0. The van der Waals surface area contributed by atoms with Crippen LogP contribution >= 0.6 is 0 Å². The number of carbonyl (C=O) groups excluding carboxylic acids is 1. The second-order valence-electron chi connectivity index (χ2n) is 7.29. The number of benzene rings is 2. The van der Waals surface area contributed by atoms with E-state index in [1.807, 2.05) is 25.1 Å². The van der Waals surface area contributed by atoms with Crippen LogP contribution in [-0.2, 0) is 21.2 Å². The highest BCUT2D eigenvalue weighted by Gasteiger charge is 2.29. The first-order chi connectivity index (χ1) is 13.9. The number of amides is 1. The molecule has 0 aromatic heterocycles. The molecule has 2 aromatic rings. The quantitative estimate of drug-likeness (QED) is 0.747. The minimum Gasteiger partial charge on any atom is -0.454 e. The maximum absolute atomic E-state index is 12.8. The van der Waals surface area contributed by atoms with Crippen LogP contribution in [0.5, 0.6) is 11.5 Å². The van der Waals surface area contributed by atoms with E-state index in [0.717, 1.165) is 16.9 Å². The molecule has 0 atom stereocenters. The van der Waals surface area contributed by atoms with Gasteiger partial charge in [-0.3, -0.25) is 4.79 Å². The number of ether oxygens (including phenoxy) is 2. The smallest absolute Gasteiger partial charge is 0.243 e. The monoisotopic (exact) mass is 416 g/mol. The van der Waals surface area contributed by atoms with Gasteiger partial charge in [-0.05, 0) is 43.2 Å². The molecule has 2 heterocycles. The van der Waals surface area contributed by atoms with Gasteiger partial charge >= 0.3 is 0 Å². The molecular weight excluding hydrogens is 392 g/mol. The van der Waals surface area contributed by atoms with Gasteiger partial charge in [0.15, 0.2) is 11.5 Å². The highest BCUT2D eigenvalue weighted by molar-refractivity contribution is 7.89. The Morgan fingerprint density at radius 3 is 2.38 bits per heavy atom. The number of nitrogens with zero attached hydrogens (tertiary/aromatic N) is 2. The molecule has 4 rings (SSSR count). The first kappa shape index (κ1) is 19.7. The van der Waals surface area contributed by atoms with E-state index in [0.29, 0.717) is 49.7 Å². The lowest BCUT2D eigenvalue weighted by molar-refractivity contribution is -0.132. The maximum Gasteiger partial charge on any atom is 0.243 e. The third kappa shape index (κ3) is 4.23. The zero-order valence-corrected chi connectivity index (χ0v) is 17.2. The summed E-state index contributed by atoms with van der Waals surface area (Å²) in [5.41, 5.74) is 2.03. The lowest BCUT2D eigenvalue weighted by Gasteiger charge is -2.34. The van der Waals surface area contributed by atoms with Crippen molar-refractivity contribution in [1.82, 2.24) is 9.21 Å². The van der Waals surface area contributed by atoms with Crippen molar-refractivity contribution in [2.75, 3.05) is 33.0 Å². The number of aryl methyl sites for hydroxylation is 2. The number of fused-ring (bicyclic) bond motifs is 1. The van der Waals surface area contributed by atoms with E-state index < -0.39 is 10.0 Å². The van der Waals surface area contributed by atoms with Crippen molar-refractivity contribution in [1.29, 1.82) is 0 Å². The Morgan fingerprint density at radius 2 is 1.66 bits per heavy atom. The number of rotatable bonds is 5. The number of hydrogen-bond acceptors (Lipinski definition) is 5. The summed E-state index contributed by atoms with van der Waals surface area (Å²) in [4.78, 5) is 14.6. The molecule has 7 nitrogen and oxygen atoms in total. The van der Waals surface area contributed by atoms with Crippen molar-refractivity contribution >= 4 is 15.9 Å². The van der Waals surface area contributed by atoms with E-state index >= 15 is 0 Å². The van der Waals surface area contributed by atoms with Crippen LogP contribution in [0, 0.1) is 6.92 Å². The van der Waals surface area contributed by atoms with E-state index in [1.165, 1.54) is 4.31 Å². The lowest BCUT2D eigenvalue weighted by atomic mass is 10.1. The van der Waals surface area contributed by atoms with Gasteiger partial charge in [0.2, 0.25) is 22.7 Å². The van der Waals surface area contributed by atoms with E-state index in [2.05, 4.69) is 0 Å². The predicted octanol–water partition coefficient (Wildman–Crippen LogP) is 2.19. The molecule has 1 amide bonds. The molecule has 0 N–H and O–H groups in total. The van der Waals surface area contributed by atoms with Gasteiger partial charge in [-0.15, -0.1) is 0 Å². The third-order valence-corrected chi connectivity index (χ3v) is 7.23. The van der Waals surface area contributed by atoms with E-state index in [4.69, 9.17) is 9.47 Å². The Balaban J connectivity index is 1.31. The second kappa shape index (κ2) is 8.04. The van der Waals surface area contributed by atoms with Crippen LogP contribution in [0.2, 0.25) is 0 Å². The molecular formula is C21H24N2O5S. The van der Waals surface area contributed by atoms with Crippen molar-refractivity contribution < 1.29 is 22.7 Å². The Kier molecular flexibility index (Phi) is 5.47. The highest BCUT2D eigenvalue weighted by atomic mass is 32.2. The molecule has 2 aliphatic rings. The first-order valence-electron chi connectivity index (χ1n) is 9.66. The first-order valence-corrected chi connectivity index (χ1v) is 11.1. The molecule has 0 radical (unpaired) electrons. The Hall–Kier alpha value is -2.58. The standard InChI is InChI=1S/C21H24N2O5S/c1-16-2-6-18(7-3-16)29(25,26)23-12-10-22(11-13-23)21(24)9-5-17-4-8-19-20(14-17)28-15-27-19/h2-4,6-8,14H,5,9-13,15H2,1H3. The van der Waals surface area contributed by atoms with Gasteiger partial charge in [-0.1, -0.05) is 23.8 Å². The molecule has 29 heavy (non-hydrogen) atoms. The molecule has 2 aromatic carbocycles. The summed E-state index contributed by atoms with van der Waals surface area (Å²) in [7, 11) is -3.52. The number of hydrogen-bond donors (Lipinski definition) is 0. The Labute approximate surface area is 170 Å². The molecule has 0 saturated carbocycles. The summed E-state index contributed by atoms with van der Waals surface area (Å²) in [6.07, 6.45) is 0.988. The maximum atomic E-state index is 12.8. The normalized spacial score (nSPS) is 16.8. The molecule has 0 aliphatic carbocycles. The molecule has 1 saturated heterocycles. The number of piperazine rings is 1. The average Bonchev–Trinajstić information content (AvgIpc) is 3.20. The molecule has 8 heteroatoms. The zero-order valence-electron chi connectivity index (χ0n) is 16.3. The summed E-state index contributed by atoms with van der Waals surface area (Å²) >= 11 is 0. The number of carbonyl (C=O) groups is 1. The van der Waals surface area contributed by atoms with Gasteiger partial charge in [0, 0.05) is 32.6 Å². The highest BCUT2D eigenvalue weighted by Crippen LogP contribution is 2.32. The van der Waals surface area contributed by atoms with Crippen LogP contribution in [0.4, 0.5) is 0 Å². The van der Waals surface area contributed by atoms with Crippen molar-refractivity contribution in [2.24, 2.45) is 0 Å². The average molecular weight is 416 g/mol. The molecule has 1 fully saturated rings. The lowest BCUT2D eigenvalue weighted by Crippen LogP contribution is -2.50. The van der Waals surface area contributed by atoms with Crippen molar-refractivity contribution in [3.8, 4) is 11.5 Å². The SMILES string of the molecule is Cc1ccc(S(=O)(=O)N2CCN(C(=O)CCc3ccc4c(c3)OCO4)CC2)cc1.